The Bertz CT molecular complexity index is 267. The van der Waals surface area contributed by atoms with Crippen molar-refractivity contribution in [1.29, 1.82) is 5.26 Å². The maximum atomic E-state index is 9.26. The van der Waals surface area contributed by atoms with Crippen molar-refractivity contribution in [2.24, 2.45) is 0 Å². The van der Waals surface area contributed by atoms with Crippen molar-refractivity contribution in [2.75, 3.05) is 14.1 Å². The molecule has 15 heavy (non-hydrogen) atoms. The maximum absolute atomic E-state index is 9.26. The molecule has 2 unspecified atom stereocenters. The molecule has 2 atom stereocenters. The molecule has 2 aliphatic rings. The van der Waals surface area contributed by atoms with E-state index in [0.29, 0.717) is 6.04 Å². The first-order valence-corrected chi connectivity index (χ1v) is 6.03. The van der Waals surface area contributed by atoms with Gasteiger partial charge in [-0.3, -0.25) is 0 Å². The smallest absolute Gasteiger partial charge is 0.108 e. The summed E-state index contributed by atoms with van der Waals surface area (Å²) < 4.78 is 0. The highest BCUT2D eigenvalue weighted by Gasteiger charge is 2.40. The quantitative estimate of drug-likeness (QED) is 0.762. The van der Waals surface area contributed by atoms with Crippen LogP contribution in [0.15, 0.2) is 0 Å². The first-order chi connectivity index (χ1) is 7.21. The molecule has 2 fully saturated rings. The van der Waals surface area contributed by atoms with Gasteiger partial charge in [-0.2, -0.15) is 5.26 Å². The van der Waals surface area contributed by atoms with Gasteiger partial charge in [0.25, 0.3) is 0 Å². The first-order valence-electron chi connectivity index (χ1n) is 6.03. The van der Waals surface area contributed by atoms with Gasteiger partial charge in [0, 0.05) is 12.1 Å². The maximum Gasteiger partial charge on any atom is 0.108 e. The Labute approximate surface area is 92.4 Å². The fraction of sp³-hybridized carbons (Fsp3) is 0.917. The molecule has 0 amide bonds. The number of rotatable bonds is 3. The van der Waals surface area contributed by atoms with Crippen LogP contribution in [0.1, 0.15) is 38.5 Å². The van der Waals surface area contributed by atoms with Gasteiger partial charge in [-0.05, 0) is 52.6 Å². The standard InChI is InChI=1S/C12H21N3/c1-14-12(9-13)7-3-4-11(8-12)15(2)10-5-6-10/h10-11,14H,3-8H2,1-2H3. The molecule has 0 bridgehead atoms. The number of hydrogen-bond donors (Lipinski definition) is 1. The predicted molar refractivity (Wildman–Crippen MR) is 60.4 cm³/mol. The minimum absolute atomic E-state index is 0.258. The molecule has 2 aliphatic carbocycles. The largest absolute Gasteiger partial charge is 0.302 e. The molecule has 0 aliphatic heterocycles. The lowest BCUT2D eigenvalue weighted by atomic mass is 9.79. The van der Waals surface area contributed by atoms with E-state index in [4.69, 9.17) is 0 Å². The Kier molecular flexibility index (Phi) is 2.99. The van der Waals surface area contributed by atoms with E-state index < -0.39 is 0 Å². The van der Waals surface area contributed by atoms with Crippen LogP contribution in [0.5, 0.6) is 0 Å². The van der Waals surface area contributed by atoms with Crippen LogP contribution in [0, 0.1) is 11.3 Å². The van der Waals surface area contributed by atoms with Crippen molar-refractivity contribution in [1.82, 2.24) is 10.2 Å². The van der Waals surface area contributed by atoms with Crippen molar-refractivity contribution >= 4 is 0 Å². The fourth-order valence-corrected chi connectivity index (χ4v) is 2.76. The zero-order valence-electron chi connectivity index (χ0n) is 9.79. The minimum atomic E-state index is -0.258. The first kappa shape index (κ1) is 10.9. The molecular weight excluding hydrogens is 186 g/mol. The second kappa shape index (κ2) is 4.11. The summed E-state index contributed by atoms with van der Waals surface area (Å²) in [6, 6.07) is 3.89. The molecule has 1 N–H and O–H groups in total. The molecule has 0 radical (unpaired) electrons. The highest BCUT2D eigenvalue weighted by atomic mass is 15.2. The van der Waals surface area contributed by atoms with E-state index in [9.17, 15) is 5.26 Å². The van der Waals surface area contributed by atoms with E-state index in [1.807, 2.05) is 7.05 Å². The second-order valence-electron chi connectivity index (χ2n) is 5.09. The lowest BCUT2D eigenvalue weighted by molar-refractivity contribution is 0.142. The summed E-state index contributed by atoms with van der Waals surface area (Å²) in [5, 5.41) is 12.5. The molecule has 0 aromatic carbocycles. The SMILES string of the molecule is CNC1(C#N)CCCC(N(C)C2CC2)C1. The van der Waals surface area contributed by atoms with E-state index in [1.165, 1.54) is 25.7 Å². The molecule has 0 aromatic rings. The molecule has 2 rings (SSSR count). The third kappa shape index (κ3) is 2.16. The van der Waals surface area contributed by atoms with Crippen molar-refractivity contribution in [3.8, 4) is 6.07 Å². The predicted octanol–water partition coefficient (Wildman–Crippen LogP) is 1.50. The van der Waals surface area contributed by atoms with E-state index >= 15 is 0 Å². The van der Waals surface area contributed by atoms with Crippen molar-refractivity contribution in [3.63, 3.8) is 0 Å². The average Bonchev–Trinajstić information content (AvgIpc) is 3.12. The van der Waals surface area contributed by atoms with Gasteiger partial charge in [0.2, 0.25) is 0 Å². The molecule has 0 saturated heterocycles. The summed E-state index contributed by atoms with van der Waals surface area (Å²) in [5.74, 6) is 0. The Morgan fingerprint density at radius 2 is 2.07 bits per heavy atom. The topological polar surface area (TPSA) is 39.1 Å². The van der Waals surface area contributed by atoms with Crippen LogP contribution < -0.4 is 5.32 Å². The number of hydrogen-bond acceptors (Lipinski definition) is 3. The molecule has 3 heteroatoms. The lowest BCUT2D eigenvalue weighted by Gasteiger charge is -2.39. The summed E-state index contributed by atoms with van der Waals surface area (Å²) in [5.41, 5.74) is -0.258. The van der Waals surface area contributed by atoms with Crippen molar-refractivity contribution in [2.45, 2.75) is 56.1 Å². The molecular formula is C12H21N3. The van der Waals surface area contributed by atoms with Gasteiger partial charge in [0.05, 0.1) is 6.07 Å². The van der Waals surface area contributed by atoms with Gasteiger partial charge in [-0.15, -0.1) is 0 Å². The van der Waals surface area contributed by atoms with Gasteiger partial charge in [-0.1, -0.05) is 0 Å². The molecule has 84 valence electrons. The van der Waals surface area contributed by atoms with Crippen LogP contribution in [-0.2, 0) is 0 Å². The highest BCUT2D eigenvalue weighted by molar-refractivity contribution is 5.11. The van der Waals surface area contributed by atoms with Crippen LogP contribution >= 0.6 is 0 Å². The third-order valence-electron chi connectivity index (χ3n) is 4.12. The van der Waals surface area contributed by atoms with Gasteiger partial charge in [-0.25, -0.2) is 0 Å². The van der Waals surface area contributed by atoms with E-state index in [-0.39, 0.29) is 5.54 Å². The summed E-state index contributed by atoms with van der Waals surface area (Å²) in [7, 11) is 4.15. The summed E-state index contributed by atoms with van der Waals surface area (Å²) in [6.45, 7) is 0. The zero-order valence-corrected chi connectivity index (χ0v) is 9.79. The number of nitrogens with zero attached hydrogens (tertiary/aromatic N) is 2. The number of nitriles is 1. The normalized spacial score (nSPS) is 36.5. The minimum Gasteiger partial charge on any atom is -0.302 e. The van der Waals surface area contributed by atoms with E-state index in [0.717, 1.165) is 18.9 Å². The van der Waals surface area contributed by atoms with Crippen molar-refractivity contribution < 1.29 is 0 Å². The molecule has 3 nitrogen and oxygen atoms in total. The Morgan fingerprint density at radius 1 is 1.33 bits per heavy atom. The van der Waals surface area contributed by atoms with Crippen molar-refractivity contribution in [3.05, 3.63) is 0 Å². The summed E-state index contributed by atoms with van der Waals surface area (Å²) in [4.78, 5) is 2.50. The monoisotopic (exact) mass is 207 g/mol. The summed E-state index contributed by atoms with van der Waals surface area (Å²) in [6.07, 6.45) is 7.15. The van der Waals surface area contributed by atoms with Crippen LogP contribution in [0.4, 0.5) is 0 Å². The van der Waals surface area contributed by atoms with Crippen LogP contribution in [-0.4, -0.2) is 36.6 Å². The van der Waals surface area contributed by atoms with E-state index in [2.05, 4.69) is 23.3 Å². The molecule has 0 aromatic heterocycles. The van der Waals surface area contributed by atoms with Crippen LogP contribution in [0.25, 0.3) is 0 Å². The van der Waals surface area contributed by atoms with Gasteiger partial charge in [0.15, 0.2) is 0 Å². The van der Waals surface area contributed by atoms with Gasteiger partial charge >= 0.3 is 0 Å². The lowest BCUT2D eigenvalue weighted by Crippen LogP contribution is -2.51. The van der Waals surface area contributed by atoms with E-state index in [1.54, 1.807) is 0 Å². The molecule has 2 saturated carbocycles. The Morgan fingerprint density at radius 3 is 2.60 bits per heavy atom. The molecule has 0 spiro atoms. The summed E-state index contributed by atoms with van der Waals surface area (Å²) >= 11 is 0. The van der Waals surface area contributed by atoms with Crippen LogP contribution in [0.2, 0.25) is 0 Å². The zero-order chi connectivity index (χ0) is 10.9. The van der Waals surface area contributed by atoms with Gasteiger partial charge in [0.1, 0.15) is 5.54 Å². The number of nitrogens with one attached hydrogen (secondary N) is 1. The Hall–Kier alpha value is -0.590. The fourth-order valence-electron chi connectivity index (χ4n) is 2.76. The highest BCUT2D eigenvalue weighted by Crippen LogP contribution is 2.35. The third-order valence-corrected chi connectivity index (χ3v) is 4.12. The van der Waals surface area contributed by atoms with Crippen LogP contribution in [0.3, 0.4) is 0 Å². The second-order valence-corrected chi connectivity index (χ2v) is 5.09. The Balaban J connectivity index is 1.99. The molecule has 0 heterocycles. The average molecular weight is 207 g/mol. The van der Waals surface area contributed by atoms with Gasteiger partial charge < -0.3 is 10.2 Å².